The molecule has 0 aliphatic rings. The van der Waals surface area contributed by atoms with Gasteiger partial charge >= 0.3 is 5.97 Å². The maximum absolute atomic E-state index is 12.0. The third-order valence-corrected chi connectivity index (χ3v) is 4.03. The summed E-state index contributed by atoms with van der Waals surface area (Å²) in [6.45, 7) is 0. The Bertz CT molecular complexity index is 769. The monoisotopic (exact) mass is 335 g/mol. The number of benzene rings is 1. The van der Waals surface area contributed by atoms with Crippen LogP contribution >= 0.6 is 23.2 Å². The zero-order valence-corrected chi connectivity index (χ0v) is 12.0. The van der Waals surface area contributed by atoms with Gasteiger partial charge < -0.3 is 9.52 Å². The minimum atomic E-state index is -4.09. The first-order valence-corrected chi connectivity index (χ1v) is 7.34. The topological polar surface area (TPSA) is 96.6 Å². The molecule has 0 fully saturated rings. The minimum absolute atomic E-state index is 0.0624. The first-order chi connectivity index (χ1) is 9.29. The predicted molar refractivity (Wildman–Crippen MR) is 72.9 cm³/mol. The molecule has 0 bridgehead atoms. The van der Waals surface area contributed by atoms with Crippen molar-refractivity contribution < 1.29 is 22.7 Å². The summed E-state index contributed by atoms with van der Waals surface area (Å²) in [5, 5.41) is 8.58. The molecule has 2 aromatic rings. The Labute approximate surface area is 124 Å². The summed E-state index contributed by atoms with van der Waals surface area (Å²) in [7, 11) is -4.09. The molecular formula is C11H7Cl2NO5S. The van der Waals surface area contributed by atoms with Crippen molar-refractivity contribution in [3.05, 3.63) is 46.1 Å². The minimum Gasteiger partial charge on any atom is -0.475 e. The molecular weight excluding hydrogens is 329 g/mol. The average Bonchev–Trinajstić information content (AvgIpc) is 2.84. The first kappa shape index (κ1) is 14.7. The van der Waals surface area contributed by atoms with Crippen LogP contribution in [0, 0.1) is 0 Å². The Morgan fingerprint density at radius 2 is 1.90 bits per heavy atom. The lowest BCUT2D eigenvalue weighted by Crippen LogP contribution is -2.12. The van der Waals surface area contributed by atoms with Crippen LogP contribution in [0.2, 0.25) is 10.0 Å². The molecule has 0 atom stereocenters. The fraction of sp³-hybridized carbons (Fsp3) is 0. The highest BCUT2D eigenvalue weighted by Crippen LogP contribution is 2.28. The van der Waals surface area contributed by atoms with E-state index in [0.29, 0.717) is 0 Å². The third-order valence-electron chi connectivity index (χ3n) is 2.23. The van der Waals surface area contributed by atoms with Crippen molar-refractivity contribution in [2.45, 2.75) is 5.09 Å². The van der Waals surface area contributed by atoms with Crippen LogP contribution in [-0.4, -0.2) is 19.5 Å². The van der Waals surface area contributed by atoms with Crippen LogP contribution in [0.5, 0.6) is 0 Å². The van der Waals surface area contributed by atoms with Gasteiger partial charge in [0.2, 0.25) is 10.9 Å². The van der Waals surface area contributed by atoms with Crippen molar-refractivity contribution in [2.75, 3.05) is 4.72 Å². The number of hydrogen-bond donors (Lipinski definition) is 2. The number of furan rings is 1. The van der Waals surface area contributed by atoms with Crippen LogP contribution in [0.1, 0.15) is 10.6 Å². The Balaban J connectivity index is 2.35. The molecule has 1 aromatic heterocycles. The van der Waals surface area contributed by atoms with Gasteiger partial charge in [-0.3, -0.25) is 4.72 Å². The number of hydrogen-bond acceptors (Lipinski definition) is 4. The van der Waals surface area contributed by atoms with Crippen molar-refractivity contribution in [3.8, 4) is 0 Å². The number of sulfonamides is 1. The molecule has 0 spiro atoms. The van der Waals surface area contributed by atoms with Crippen molar-refractivity contribution >= 4 is 44.9 Å². The normalized spacial score (nSPS) is 11.3. The van der Waals surface area contributed by atoms with Crippen LogP contribution < -0.4 is 4.72 Å². The van der Waals surface area contributed by atoms with Crippen LogP contribution in [0.15, 0.2) is 39.8 Å². The number of carbonyl (C=O) groups is 1. The number of aromatic carboxylic acids is 1. The van der Waals surface area contributed by atoms with Gasteiger partial charge in [-0.05, 0) is 30.3 Å². The fourth-order valence-corrected chi connectivity index (χ4v) is 2.75. The highest BCUT2D eigenvalue weighted by Gasteiger charge is 2.22. The molecule has 106 valence electrons. The Morgan fingerprint density at radius 1 is 1.20 bits per heavy atom. The number of anilines is 1. The van der Waals surface area contributed by atoms with E-state index in [1.54, 1.807) is 0 Å². The van der Waals surface area contributed by atoms with Gasteiger partial charge in [-0.2, -0.15) is 8.42 Å². The molecule has 2 rings (SSSR count). The summed E-state index contributed by atoms with van der Waals surface area (Å²) < 4.78 is 30.9. The maximum atomic E-state index is 12.0. The number of nitrogens with one attached hydrogen (secondary N) is 1. The van der Waals surface area contributed by atoms with Gasteiger partial charge in [-0.25, -0.2) is 4.79 Å². The van der Waals surface area contributed by atoms with Crippen molar-refractivity contribution in [3.63, 3.8) is 0 Å². The average molecular weight is 336 g/mol. The van der Waals surface area contributed by atoms with E-state index in [4.69, 9.17) is 32.7 Å². The number of carboxylic acids is 1. The van der Waals surface area contributed by atoms with E-state index < -0.39 is 26.8 Å². The molecule has 6 nitrogen and oxygen atoms in total. The van der Waals surface area contributed by atoms with Gasteiger partial charge in [0, 0.05) is 5.02 Å². The quantitative estimate of drug-likeness (QED) is 0.894. The largest absolute Gasteiger partial charge is 0.475 e. The molecule has 1 heterocycles. The molecule has 0 aliphatic heterocycles. The SMILES string of the molecule is O=C(O)c1ccc(S(=O)(=O)Nc2cc(Cl)ccc2Cl)o1. The van der Waals surface area contributed by atoms with Crippen molar-refractivity contribution in [1.82, 2.24) is 0 Å². The zero-order chi connectivity index (χ0) is 14.9. The Hall–Kier alpha value is -1.70. The van der Waals surface area contributed by atoms with Crippen LogP contribution in [0.25, 0.3) is 0 Å². The smallest absolute Gasteiger partial charge is 0.371 e. The summed E-state index contributed by atoms with van der Waals surface area (Å²) in [5.74, 6) is -1.85. The standard InChI is InChI=1S/C11H7Cl2NO5S/c12-6-1-2-7(13)8(5-6)14-20(17,18)10-4-3-9(19-10)11(15)16/h1-5,14H,(H,15,16). The van der Waals surface area contributed by atoms with E-state index >= 15 is 0 Å². The Kier molecular flexibility index (Phi) is 3.94. The molecule has 0 saturated carbocycles. The second-order valence-corrected chi connectivity index (χ2v) is 6.11. The molecule has 2 N–H and O–H groups in total. The van der Waals surface area contributed by atoms with Gasteiger partial charge in [0.1, 0.15) is 0 Å². The molecule has 0 saturated heterocycles. The summed E-state index contributed by atoms with van der Waals surface area (Å²) >= 11 is 11.6. The molecule has 9 heteroatoms. The lowest BCUT2D eigenvalue weighted by atomic mass is 10.3. The van der Waals surface area contributed by atoms with Crippen molar-refractivity contribution in [2.24, 2.45) is 0 Å². The second-order valence-electron chi connectivity index (χ2n) is 3.65. The molecule has 0 radical (unpaired) electrons. The summed E-state index contributed by atoms with van der Waals surface area (Å²) in [4.78, 5) is 10.7. The van der Waals surface area contributed by atoms with E-state index in [1.165, 1.54) is 18.2 Å². The highest BCUT2D eigenvalue weighted by atomic mass is 35.5. The number of halogens is 2. The van der Waals surface area contributed by atoms with E-state index in [-0.39, 0.29) is 15.7 Å². The van der Waals surface area contributed by atoms with Crippen LogP contribution in [0.4, 0.5) is 5.69 Å². The van der Waals surface area contributed by atoms with Crippen LogP contribution in [-0.2, 0) is 10.0 Å². The molecule has 20 heavy (non-hydrogen) atoms. The molecule has 0 amide bonds. The predicted octanol–water partition coefficient (Wildman–Crippen LogP) is 3.09. The molecule has 0 unspecified atom stereocenters. The number of carboxylic acid groups (broad SMARTS) is 1. The second kappa shape index (κ2) is 5.35. The van der Waals surface area contributed by atoms with Crippen molar-refractivity contribution in [1.29, 1.82) is 0 Å². The fourth-order valence-electron chi connectivity index (χ4n) is 1.35. The van der Waals surface area contributed by atoms with Gasteiger partial charge in [0.15, 0.2) is 0 Å². The zero-order valence-electron chi connectivity index (χ0n) is 9.63. The van der Waals surface area contributed by atoms with Gasteiger partial charge in [0.05, 0.1) is 10.7 Å². The highest BCUT2D eigenvalue weighted by molar-refractivity contribution is 7.92. The molecule has 0 aliphatic carbocycles. The summed E-state index contributed by atoms with van der Waals surface area (Å²) in [6.07, 6.45) is 0. The summed E-state index contributed by atoms with van der Waals surface area (Å²) in [6, 6.07) is 6.31. The summed E-state index contributed by atoms with van der Waals surface area (Å²) in [5.41, 5.74) is 0.0624. The lowest BCUT2D eigenvalue weighted by molar-refractivity contribution is 0.0656. The van der Waals surface area contributed by atoms with Gasteiger partial charge in [-0.15, -0.1) is 0 Å². The maximum Gasteiger partial charge on any atom is 0.371 e. The number of rotatable bonds is 4. The molecule has 1 aromatic carbocycles. The van der Waals surface area contributed by atoms with Gasteiger partial charge in [0.25, 0.3) is 10.0 Å². The van der Waals surface area contributed by atoms with Crippen LogP contribution in [0.3, 0.4) is 0 Å². The van der Waals surface area contributed by atoms with Gasteiger partial charge in [-0.1, -0.05) is 23.2 Å². The van der Waals surface area contributed by atoms with E-state index in [9.17, 15) is 13.2 Å². The Morgan fingerprint density at radius 3 is 2.50 bits per heavy atom. The van der Waals surface area contributed by atoms with E-state index in [2.05, 4.69) is 4.72 Å². The van der Waals surface area contributed by atoms with E-state index in [0.717, 1.165) is 12.1 Å². The third kappa shape index (κ3) is 3.06. The lowest BCUT2D eigenvalue weighted by Gasteiger charge is -2.07. The van der Waals surface area contributed by atoms with E-state index in [1.807, 2.05) is 0 Å². The first-order valence-electron chi connectivity index (χ1n) is 5.10.